The standard InChI is InChI=1S/C15H24F3N5O/c1-2-24-10-4-9-22-14(19)21-8-3-7-20-13-6-5-12(11-23-13)15(16,17)18/h5-6,11H,2-4,7-10H2,1H3,(H,20,23)(H3,19,21,22). The Morgan fingerprint density at radius 2 is 2.08 bits per heavy atom. The van der Waals surface area contributed by atoms with Crippen LogP contribution in [-0.2, 0) is 10.9 Å². The normalized spacial score (nSPS) is 12.2. The topological polar surface area (TPSA) is 84.6 Å². The molecule has 0 aliphatic carbocycles. The van der Waals surface area contributed by atoms with E-state index in [1.165, 1.54) is 6.07 Å². The van der Waals surface area contributed by atoms with Crippen LogP contribution in [0.4, 0.5) is 19.0 Å². The Hall–Kier alpha value is -2.03. The van der Waals surface area contributed by atoms with Gasteiger partial charge in [-0.25, -0.2) is 4.98 Å². The second-order valence-electron chi connectivity index (χ2n) is 4.95. The lowest BCUT2D eigenvalue weighted by atomic mass is 10.3. The monoisotopic (exact) mass is 347 g/mol. The van der Waals surface area contributed by atoms with Crippen molar-refractivity contribution in [3.63, 3.8) is 0 Å². The molecular weight excluding hydrogens is 323 g/mol. The highest BCUT2D eigenvalue weighted by atomic mass is 19.4. The fraction of sp³-hybridized carbons (Fsp3) is 0.600. The number of hydrogen-bond donors (Lipinski definition) is 3. The van der Waals surface area contributed by atoms with Crippen LogP contribution in [0.1, 0.15) is 25.3 Å². The lowest BCUT2D eigenvalue weighted by Gasteiger charge is -2.08. The molecule has 0 bridgehead atoms. The highest BCUT2D eigenvalue weighted by Gasteiger charge is 2.30. The Balaban J connectivity index is 2.16. The third kappa shape index (κ3) is 8.56. The van der Waals surface area contributed by atoms with Gasteiger partial charge in [0.2, 0.25) is 0 Å². The van der Waals surface area contributed by atoms with Gasteiger partial charge in [0.05, 0.1) is 5.56 Å². The first kappa shape index (κ1) is 20.0. The minimum Gasteiger partial charge on any atom is -0.382 e. The zero-order valence-electron chi connectivity index (χ0n) is 13.7. The van der Waals surface area contributed by atoms with Crippen LogP contribution in [0.15, 0.2) is 23.3 Å². The smallest absolute Gasteiger partial charge is 0.382 e. The SMILES string of the molecule is CCOCCCNC(N)=NCCCNc1ccc(C(F)(F)F)cn1. The van der Waals surface area contributed by atoms with Gasteiger partial charge in [-0.1, -0.05) is 0 Å². The van der Waals surface area contributed by atoms with Crippen LogP contribution in [0.5, 0.6) is 0 Å². The summed E-state index contributed by atoms with van der Waals surface area (Å²) in [6.07, 6.45) is -2.02. The van der Waals surface area contributed by atoms with Gasteiger partial charge in [0.25, 0.3) is 0 Å². The van der Waals surface area contributed by atoms with Crippen molar-refractivity contribution in [1.82, 2.24) is 10.3 Å². The summed E-state index contributed by atoms with van der Waals surface area (Å²) in [6.45, 7) is 5.07. The van der Waals surface area contributed by atoms with Crippen LogP contribution in [0.25, 0.3) is 0 Å². The Labute approximate surface area is 139 Å². The van der Waals surface area contributed by atoms with E-state index >= 15 is 0 Å². The molecule has 0 aliphatic rings. The molecule has 0 unspecified atom stereocenters. The molecule has 1 rings (SSSR count). The third-order valence-electron chi connectivity index (χ3n) is 2.99. The first-order chi connectivity index (χ1) is 11.4. The zero-order chi connectivity index (χ0) is 17.8. The molecule has 1 aromatic rings. The number of guanidine groups is 1. The van der Waals surface area contributed by atoms with E-state index in [-0.39, 0.29) is 0 Å². The number of aromatic nitrogens is 1. The maximum atomic E-state index is 12.4. The average Bonchev–Trinajstić information content (AvgIpc) is 2.54. The molecule has 0 aromatic carbocycles. The summed E-state index contributed by atoms with van der Waals surface area (Å²) in [6, 6.07) is 2.30. The molecule has 0 saturated heterocycles. The predicted octanol–water partition coefficient (Wildman–Crippen LogP) is 2.23. The molecule has 0 aliphatic heterocycles. The number of halogens is 3. The number of aliphatic imine (C=N–C) groups is 1. The largest absolute Gasteiger partial charge is 0.417 e. The Bertz CT molecular complexity index is 491. The maximum Gasteiger partial charge on any atom is 0.417 e. The Morgan fingerprint density at radius 1 is 1.29 bits per heavy atom. The Morgan fingerprint density at radius 3 is 2.71 bits per heavy atom. The summed E-state index contributed by atoms with van der Waals surface area (Å²) in [5, 5.41) is 5.92. The molecule has 0 radical (unpaired) electrons. The Kier molecular flexibility index (Phi) is 8.92. The van der Waals surface area contributed by atoms with E-state index in [1.54, 1.807) is 0 Å². The van der Waals surface area contributed by atoms with Crippen molar-refractivity contribution >= 4 is 11.8 Å². The molecule has 136 valence electrons. The number of hydrogen-bond acceptors (Lipinski definition) is 4. The van der Waals surface area contributed by atoms with Crippen LogP contribution in [0, 0.1) is 0 Å². The molecule has 24 heavy (non-hydrogen) atoms. The van der Waals surface area contributed by atoms with Crippen molar-refractivity contribution in [3.8, 4) is 0 Å². The molecule has 4 N–H and O–H groups in total. The fourth-order valence-corrected chi connectivity index (χ4v) is 1.75. The van der Waals surface area contributed by atoms with Gasteiger partial charge in [0.1, 0.15) is 5.82 Å². The number of alkyl halides is 3. The average molecular weight is 347 g/mol. The molecule has 1 aromatic heterocycles. The molecule has 0 atom stereocenters. The number of nitrogens with two attached hydrogens (primary N) is 1. The number of pyridine rings is 1. The lowest BCUT2D eigenvalue weighted by Crippen LogP contribution is -2.33. The summed E-state index contributed by atoms with van der Waals surface area (Å²) in [7, 11) is 0. The minimum absolute atomic E-state index is 0.374. The van der Waals surface area contributed by atoms with E-state index in [1.807, 2.05) is 6.92 Å². The van der Waals surface area contributed by atoms with Gasteiger partial charge in [-0.2, -0.15) is 13.2 Å². The molecule has 0 saturated carbocycles. The van der Waals surface area contributed by atoms with E-state index in [9.17, 15) is 13.2 Å². The van der Waals surface area contributed by atoms with Gasteiger partial charge in [-0.05, 0) is 31.9 Å². The van der Waals surface area contributed by atoms with Crippen LogP contribution >= 0.6 is 0 Å². The minimum atomic E-state index is -4.37. The fourth-order valence-electron chi connectivity index (χ4n) is 1.75. The molecule has 9 heteroatoms. The second-order valence-corrected chi connectivity index (χ2v) is 4.95. The number of nitrogens with one attached hydrogen (secondary N) is 2. The van der Waals surface area contributed by atoms with Gasteiger partial charge in [0, 0.05) is 39.0 Å². The van der Waals surface area contributed by atoms with Gasteiger partial charge in [0.15, 0.2) is 5.96 Å². The number of nitrogens with zero attached hydrogens (tertiary/aromatic N) is 2. The van der Waals surface area contributed by atoms with Crippen LogP contribution in [0.3, 0.4) is 0 Å². The molecule has 6 nitrogen and oxygen atoms in total. The molecule has 0 spiro atoms. The van der Waals surface area contributed by atoms with Crippen molar-refractivity contribution < 1.29 is 17.9 Å². The lowest BCUT2D eigenvalue weighted by molar-refractivity contribution is -0.137. The van der Waals surface area contributed by atoms with Gasteiger partial charge in [-0.3, -0.25) is 4.99 Å². The summed E-state index contributed by atoms with van der Waals surface area (Å²) < 4.78 is 42.4. The van der Waals surface area contributed by atoms with Crippen molar-refractivity contribution in [2.24, 2.45) is 10.7 Å². The number of anilines is 1. The van der Waals surface area contributed by atoms with E-state index in [4.69, 9.17) is 10.5 Å². The van der Waals surface area contributed by atoms with Gasteiger partial charge in [-0.15, -0.1) is 0 Å². The van der Waals surface area contributed by atoms with Crippen LogP contribution in [0.2, 0.25) is 0 Å². The predicted molar refractivity (Wildman–Crippen MR) is 87.9 cm³/mol. The summed E-state index contributed by atoms with van der Waals surface area (Å²) in [5.41, 5.74) is 4.93. The number of rotatable bonds is 10. The zero-order valence-corrected chi connectivity index (χ0v) is 13.7. The van der Waals surface area contributed by atoms with Crippen LogP contribution in [-0.4, -0.2) is 43.8 Å². The van der Waals surface area contributed by atoms with Crippen molar-refractivity contribution in [1.29, 1.82) is 0 Å². The first-order valence-electron chi connectivity index (χ1n) is 7.82. The molecule has 0 amide bonds. The summed E-state index contributed by atoms with van der Waals surface area (Å²) in [4.78, 5) is 7.88. The highest BCUT2D eigenvalue weighted by molar-refractivity contribution is 5.77. The highest BCUT2D eigenvalue weighted by Crippen LogP contribution is 2.28. The number of ether oxygens (including phenoxy) is 1. The summed E-state index contributed by atoms with van der Waals surface area (Å²) in [5.74, 6) is 0.771. The van der Waals surface area contributed by atoms with Crippen molar-refractivity contribution in [2.45, 2.75) is 25.9 Å². The van der Waals surface area contributed by atoms with Gasteiger partial charge >= 0.3 is 6.18 Å². The van der Waals surface area contributed by atoms with Crippen molar-refractivity contribution in [3.05, 3.63) is 23.9 Å². The molecule has 0 fully saturated rings. The quantitative estimate of drug-likeness (QED) is 0.343. The van der Waals surface area contributed by atoms with E-state index in [0.717, 1.165) is 18.7 Å². The second kappa shape index (κ2) is 10.7. The van der Waals surface area contributed by atoms with E-state index in [0.29, 0.717) is 51.0 Å². The maximum absolute atomic E-state index is 12.4. The van der Waals surface area contributed by atoms with E-state index < -0.39 is 11.7 Å². The van der Waals surface area contributed by atoms with E-state index in [2.05, 4.69) is 20.6 Å². The van der Waals surface area contributed by atoms with Gasteiger partial charge < -0.3 is 21.1 Å². The summed E-state index contributed by atoms with van der Waals surface area (Å²) >= 11 is 0. The van der Waals surface area contributed by atoms with Crippen LogP contribution < -0.4 is 16.4 Å². The van der Waals surface area contributed by atoms with Crippen molar-refractivity contribution in [2.75, 3.05) is 38.2 Å². The molecular formula is C15H24F3N5O. The first-order valence-corrected chi connectivity index (χ1v) is 7.82. The third-order valence-corrected chi connectivity index (χ3v) is 2.99. The molecule has 1 heterocycles.